The van der Waals surface area contributed by atoms with E-state index in [1.807, 2.05) is 26.8 Å². The monoisotopic (exact) mass is 343 g/mol. The van der Waals surface area contributed by atoms with E-state index in [9.17, 15) is 9.18 Å². The standard InChI is InChI=1S/C15H19BrFNO2/c1-15(2,3)20-14(19)18-5-4-11-6-10(8-16)7-13(17)12(11)9-18/h6-7H,4-5,8-9H2,1-3H3. The highest BCUT2D eigenvalue weighted by atomic mass is 79.9. The second kappa shape index (κ2) is 5.72. The summed E-state index contributed by atoms with van der Waals surface area (Å²) in [7, 11) is 0. The molecule has 0 atom stereocenters. The van der Waals surface area contributed by atoms with Crippen molar-refractivity contribution in [3.05, 3.63) is 34.6 Å². The van der Waals surface area contributed by atoms with Crippen LogP contribution in [0.2, 0.25) is 0 Å². The van der Waals surface area contributed by atoms with E-state index in [1.54, 1.807) is 4.90 Å². The molecule has 0 aromatic heterocycles. The second-order valence-electron chi connectivity index (χ2n) is 6.00. The minimum Gasteiger partial charge on any atom is -0.444 e. The SMILES string of the molecule is CC(C)(C)OC(=O)N1CCc2cc(CBr)cc(F)c2C1. The van der Waals surface area contributed by atoms with Crippen molar-refractivity contribution in [2.75, 3.05) is 6.54 Å². The highest BCUT2D eigenvalue weighted by Crippen LogP contribution is 2.25. The third-order valence-corrected chi connectivity index (χ3v) is 3.80. The summed E-state index contributed by atoms with van der Waals surface area (Å²) in [6.45, 7) is 6.31. The number of rotatable bonds is 1. The molecular weight excluding hydrogens is 325 g/mol. The van der Waals surface area contributed by atoms with E-state index in [-0.39, 0.29) is 18.5 Å². The van der Waals surface area contributed by atoms with Crippen LogP contribution in [0, 0.1) is 5.82 Å². The molecule has 0 aliphatic carbocycles. The minimum atomic E-state index is -0.532. The minimum absolute atomic E-state index is 0.245. The van der Waals surface area contributed by atoms with Crippen molar-refractivity contribution >= 4 is 22.0 Å². The summed E-state index contributed by atoms with van der Waals surface area (Å²) in [6.07, 6.45) is 0.277. The van der Waals surface area contributed by atoms with Gasteiger partial charge in [0.05, 0.1) is 6.54 Å². The van der Waals surface area contributed by atoms with Crippen molar-refractivity contribution in [2.24, 2.45) is 0 Å². The number of hydrogen-bond donors (Lipinski definition) is 0. The molecule has 0 saturated carbocycles. The molecule has 1 heterocycles. The highest BCUT2D eigenvalue weighted by Gasteiger charge is 2.27. The van der Waals surface area contributed by atoms with E-state index < -0.39 is 5.60 Å². The summed E-state index contributed by atoms with van der Waals surface area (Å²) in [6, 6.07) is 3.52. The Morgan fingerprint density at radius 3 is 2.75 bits per heavy atom. The Morgan fingerprint density at radius 1 is 1.45 bits per heavy atom. The first kappa shape index (κ1) is 15.3. The Labute approximate surface area is 127 Å². The zero-order valence-electron chi connectivity index (χ0n) is 12.0. The van der Waals surface area contributed by atoms with Gasteiger partial charge >= 0.3 is 6.09 Å². The Balaban J connectivity index is 2.17. The summed E-state index contributed by atoms with van der Waals surface area (Å²) < 4.78 is 19.4. The van der Waals surface area contributed by atoms with Crippen molar-refractivity contribution in [1.82, 2.24) is 4.90 Å². The smallest absolute Gasteiger partial charge is 0.410 e. The summed E-state index contributed by atoms with van der Waals surface area (Å²) in [5, 5.41) is 0.632. The van der Waals surface area contributed by atoms with Gasteiger partial charge in [0, 0.05) is 17.4 Å². The molecule has 1 aliphatic heterocycles. The first-order valence-electron chi connectivity index (χ1n) is 6.64. The number of ether oxygens (including phenoxy) is 1. The van der Waals surface area contributed by atoms with Crippen molar-refractivity contribution in [3.8, 4) is 0 Å². The second-order valence-corrected chi connectivity index (χ2v) is 6.56. The molecule has 1 aliphatic rings. The van der Waals surface area contributed by atoms with Crippen LogP contribution in [0.3, 0.4) is 0 Å². The maximum atomic E-state index is 14.1. The van der Waals surface area contributed by atoms with E-state index in [1.165, 1.54) is 6.07 Å². The Hall–Kier alpha value is -1.10. The molecule has 110 valence electrons. The summed E-state index contributed by atoms with van der Waals surface area (Å²) in [4.78, 5) is 13.6. The fourth-order valence-corrected chi connectivity index (χ4v) is 2.56. The van der Waals surface area contributed by atoms with E-state index >= 15 is 0 Å². The molecule has 3 nitrogen and oxygen atoms in total. The van der Waals surface area contributed by atoms with Gasteiger partial charge in [-0.1, -0.05) is 22.0 Å². The van der Waals surface area contributed by atoms with Gasteiger partial charge in [-0.15, -0.1) is 0 Å². The molecule has 2 rings (SSSR count). The number of benzene rings is 1. The molecule has 0 radical (unpaired) electrons. The molecule has 0 unspecified atom stereocenters. The van der Waals surface area contributed by atoms with Gasteiger partial charge in [-0.25, -0.2) is 9.18 Å². The fourth-order valence-electron chi connectivity index (χ4n) is 2.24. The summed E-state index contributed by atoms with van der Waals surface area (Å²) in [5.41, 5.74) is 1.98. The van der Waals surface area contributed by atoms with E-state index in [2.05, 4.69) is 15.9 Å². The van der Waals surface area contributed by atoms with Crippen LogP contribution < -0.4 is 0 Å². The molecule has 1 aromatic rings. The number of nitrogens with zero attached hydrogens (tertiary/aromatic N) is 1. The van der Waals surface area contributed by atoms with Crippen molar-refractivity contribution in [2.45, 2.75) is 44.7 Å². The van der Waals surface area contributed by atoms with E-state index in [4.69, 9.17) is 4.74 Å². The predicted molar refractivity (Wildman–Crippen MR) is 79.4 cm³/mol. The van der Waals surface area contributed by atoms with Gasteiger partial charge in [-0.2, -0.15) is 0 Å². The largest absolute Gasteiger partial charge is 0.444 e. The Morgan fingerprint density at radius 2 is 2.15 bits per heavy atom. The number of carbonyl (C=O) groups excluding carboxylic acids is 1. The average molecular weight is 344 g/mol. The van der Waals surface area contributed by atoms with Gasteiger partial charge in [0.25, 0.3) is 0 Å². The first-order chi connectivity index (χ1) is 9.30. The highest BCUT2D eigenvalue weighted by molar-refractivity contribution is 9.08. The molecule has 0 N–H and O–H groups in total. The molecule has 0 bridgehead atoms. The molecule has 0 spiro atoms. The maximum absolute atomic E-state index is 14.1. The van der Waals surface area contributed by atoms with E-state index in [0.29, 0.717) is 23.9 Å². The van der Waals surface area contributed by atoms with Gasteiger partial charge in [-0.05, 0) is 44.4 Å². The lowest BCUT2D eigenvalue weighted by atomic mass is 9.97. The fraction of sp³-hybridized carbons (Fsp3) is 0.533. The van der Waals surface area contributed by atoms with Crippen molar-refractivity contribution < 1.29 is 13.9 Å². The lowest BCUT2D eigenvalue weighted by molar-refractivity contribution is 0.0222. The zero-order chi connectivity index (χ0) is 14.9. The molecule has 0 fully saturated rings. The quantitative estimate of drug-likeness (QED) is 0.721. The van der Waals surface area contributed by atoms with Crippen molar-refractivity contribution in [1.29, 1.82) is 0 Å². The van der Waals surface area contributed by atoms with Gasteiger partial charge in [-0.3, -0.25) is 0 Å². The topological polar surface area (TPSA) is 29.5 Å². The molecule has 1 amide bonds. The number of hydrogen-bond acceptors (Lipinski definition) is 2. The van der Waals surface area contributed by atoms with Crippen LogP contribution in [-0.2, 0) is 23.0 Å². The third-order valence-electron chi connectivity index (χ3n) is 3.15. The number of halogens is 2. The molecule has 0 saturated heterocycles. The normalized spacial score (nSPS) is 14.9. The lowest BCUT2D eigenvalue weighted by Crippen LogP contribution is -2.40. The molecule has 20 heavy (non-hydrogen) atoms. The molecular formula is C15H19BrFNO2. The zero-order valence-corrected chi connectivity index (χ0v) is 13.6. The Kier molecular flexibility index (Phi) is 4.37. The number of amides is 1. The van der Waals surface area contributed by atoms with Crippen LogP contribution in [0.4, 0.5) is 9.18 Å². The first-order valence-corrected chi connectivity index (χ1v) is 7.76. The summed E-state index contributed by atoms with van der Waals surface area (Å²) >= 11 is 3.34. The van der Waals surface area contributed by atoms with Gasteiger partial charge in [0.15, 0.2) is 0 Å². The van der Waals surface area contributed by atoms with Crippen LogP contribution >= 0.6 is 15.9 Å². The van der Waals surface area contributed by atoms with Crippen LogP contribution in [0.25, 0.3) is 0 Å². The van der Waals surface area contributed by atoms with Crippen LogP contribution in [0.15, 0.2) is 12.1 Å². The Bertz CT molecular complexity index is 525. The number of alkyl halides is 1. The van der Waals surface area contributed by atoms with Crippen molar-refractivity contribution in [3.63, 3.8) is 0 Å². The predicted octanol–water partition coefficient (Wildman–Crippen LogP) is 4.01. The maximum Gasteiger partial charge on any atom is 0.410 e. The average Bonchev–Trinajstić information content (AvgIpc) is 2.36. The molecule has 1 aromatic carbocycles. The number of fused-ring (bicyclic) bond motifs is 1. The lowest BCUT2D eigenvalue weighted by Gasteiger charge is -2.31. The van der Waals surface area contributed by atoms with Gasteiger partial charge in [0.1, 0.15) is 11.4 Å². The summed E-state index contributed by atoms with van der Waals surface area (Å²) in [5.74, 6) is -0.245. The van der Waals surface area contributed by atoms with E-state index in [0.717, 1.165) is 11.1 Å². The van der Waals surface area contributed by atoms with Crippen LogP contribution in [0.5, 0.6) is 0 Å². The molecule has 5 heteroatoms. The van der Waals surface area contributed by atoms with Crippen LogP contribution in [0.1, 0.15) is 37.5 Å². The van der Waals surface area contributed by atoms with Gasteiger partial charge < -0.3 is 9.64 Å². The third kappa shape index (κ3) is 3.51. The number of carbonyl (C=O) groups is 1. The van der Waals surface area contributed by atoms with Crippen LogP contribution in [-0.4, -0.2) is 23.1 Å². The van der Waals surface area contributed by atoms with Gasteiger partial charge in [0.2, 0.25) is 0 Å².